The third-order valence-electron chi connectivity index (χ3n) is 9.69. The van der Waals surface area contributed by atoms with Crippen LogP contribution < -0.4 is 0 Å². The van der Waals surface area contributed by atoms with Crippen LogP contribution in [0.15, 0.2) is 151 Å². The molecule has 9 rings (SSSR count). The summed E-state index contributed by atoms with van der Waals surface area (Å²) >= 11 is 0. The van der Waals surface area contributed by atoms with Crippen molar-refractivity contribution in [3.63, 3.8) is 0 Å². The smallest absolute Gasteiger partial charge is 0.129 e. The maximum absolute atomic E-state index is 6.71. The number of hydrogen-bond donors (Lipinski definition) is 0. The van der Waals surface area contributed by atoms with E-state index in [-0.39, 0.29) is 20.1 Å². The third kappa shape index (κ3) is 8.05. The average Bonchev–Trinajstić information content (AvgIpc) is 3.57. The summed E-state index contributed by atoms with van der Waals surface area (Å²) in [5.74, 6) is 0. The summed E-state index contributed by atoms with van der Waals surface area (Å²) < 4.78 is 6.71. The van der Waals surface area contributed by atoms with Crippen molar-refractivity contribution in [2.24, 2.45) is 5.41 Å². The molecular weight excluding hydrogens is 851 g/mol. The predicted octanol–water partition coefficient (Wildman–Crippen LogP) is 13.1. The number of hydrogen-bond acceptors (Lipinski definition) is 4. The van der Waals surface area contributed by atoms with E-state index in [2.05, 4.69) is 136 Å². The molecule has 0 spiro atoms. The Hall–Kier alpha value is -5.74. The predicted molar refractivity (Wildman–Crippen MR) is 223 cm³/mol. The molecule has 9 aromatic rings. The second kappa shape index (κ2) is 15.9. The van der Waals surface area contributed by atoms with Crippen LogP contribution in [-0.4, -0.2) is 15.0 Å². The van der Waals surface area contributed by atoms with Crippen molar-refractivity contribution in [3.8, 4) is 44.8 Å². The van der Waals surface area contributed by atoms with E-state index >= 15 is 0 Å². The first-order chi connectivity index (χ1) is 26.2. The van der Waals surface area contributed by atoms with Crippen LogP contribution in [-0.2, 0) is 26.5 Å². The number of aryl methyl sites for hydroxylation is 2. The van der Waals surface area contributed by atoms with E-state index in [9.17, 15) is 0 Å². The molecule has 5 aromatic carbocycles. The molecule has 0 aliphatic heterocycles. The largest absolute Gasteiger partial charge is 0.500 e. The Morgan fingerprint density at radius 1 is 0.655 bits per heavy atom. The van der Waals surface area contributed by atoms with Crippen LogP contribution in [0.3, 0.4) is 0 Å². The van der Waals surface area contributed by atoms with E-state index in [0.29, 0.717) is 5.41 Å². The van der Waals surface area contributed by atoms with Crippen LogP contribution >= 0.6 is 0 Å². The van der Waals surface area contributed by atoms with Crippen molar-refractivity contribution in [1.82, 2.24) is 15.0 Å². The van der Waals surface area contributed by atoms with Crippen molar-refractivity contribution in [2.75, 3.05) is 0 Å². The van der Waals surface area contributed by atoms with Gasteiger partial charge in [-0.2, -0.15) is 0 Å². The van der Waals surface area contributed by atoms with Gasteiger partial charge < -0.3 is 14.4 Å². The maximum atomic E-state index is 6.71. The van der Waals surface area contributed by atoms with Crippen LogP contribution in [0.4, 0.5) is 0 Å². The Labute approximate surface area is 336 Å². The molecule has 0 N–H and O–H groups in total. The zero-order valence-electron chi connectivity index (χ0n) is 31.6. The fourth-order valence-corrected chi connectivity index (χ4v) is 7.10. The molecule has 0 atom stereocenters. The fraction of sp³-hybridized carbons (Fsp3) is 0.140. The quantitative estimate of drug-likeness (QED) is 0.162. The molecule has 0 unspecified atom stereocenters. The minimum absolute atomic E-state index is 0. The molecule has 4 aromatic heterocycles. The SMILES string of the molecule is Cc1c[c-]c(-c2ccc(CC(C)(C)C)cn2)cc1.Cc1ccc2c(oc3c(-c4cc(-c5ccccc5)ccn4)[c-]ccc32)c1-c1cccc2ccncc12.[Ir]. The second-order valence-electron chi connectivity index (χ2n) is 15.1. The van der Waals surface area contributed by atoms with Crippen LogP contribution in [0.1, 0.15) is 37.5 Å². The second-order valence-corrected chi connectivity index (χ2v) is 15.1. The summed E-state index contributed by atoms with van der Waals surface area (Å²) in [6.07, 6.45) is 8.65. The number of fused-ring (bicyclic) bond motifs is 4. The van der Waals surface area contributed by atoms with Gasteiger partial charge in [-0.05, 0) is 75.5 Å². The van der Waals surface area contributed by atoms with Crippen molar-refractivity contribution in [3.05, 3.63) is 175 Å². The van der Waals surface area contributed by atoms with E-state index < -0.39 is 0 Å². The van der Waals surface area contributed by atoms with Gasteiger partial charge in [-0.15, -0.1) is 53.6 Å². The number of aromatic nitrogens is 3. The van der Waals surface area contributed by atoms with Gasteiger partial charge >= 0.3 is 0 Å². The first-order valence-electron chi connectivity index (χ1n) is 18.4. The minimum atomic E-state index is 0. The van der Waals surface area contributed by atoms with Gasteiger partial charge in [-0.3, -0.25) is 4.98 Å². The van der Waals surface area contributed by atoms with Gasteiger partial charge in [0.05, 0.1) is 5.58 Å². The monoisotopic (exact) mass is 892 g/mol. The molecule has 4 nitrogen and oxygen atoms in total. The molecule has 5 heteroatoms. The summed E-state index contributed by atoms with van der Waals surface area (Å²) in [7, 11) is 0. The molecule has 0 saturated carbocycles. The first kappa shape index (κ1) is 37.6. The van der Waals surface area contributed by atoms with Crippen molar-refractivity contribution in [2.45, 2.75) is 41.0 Å². The summed E-state index contributed by atoms with van der Waals surface area (Å²) in [5, 5.41) is 4.41. The molecule has 273 valence electrons. The first-order valence-corrected chi connectivity index (χ1v) is 18.4. The van der Waals surface area contributed by atoms with E-state index in [1.165, 1.54) is 11.1 Å². The van der Waals surface area contributed by atoms with Gasteiger partial charge in [-0.1, -0.05) is 118 Å². The zero-order valence-corrected chi connectivity index (χ0v) is 34.0. The molecule has 0 bridgehead atoms. The maximum Gasteiger partial charge on any atom is 0.129 e. The Morgan fingerprint density at radius 3 is 2.25 bits per heavy atom. The van der Waals surface area contributed by atoms with Crippen LogP contribution in [0.5, 0.6) is 0 Å². The third-order valence-corrected chi connectivity index (χ3v) is 9.69. The summed E-state index contributed by atoms with van der Waals surface area (Å²) in [5.41, 5.74) is 13.9. The molecule has 0 aliphatic rings. The number of pyridine rings is 3. The van der Waals surface area contributed by atoms with E-state index in [1.54, 1.807) is 0 Å². The van der Waals surface area contributed by atoms with E-state index in [4.69, 9.17) is 9.40 Å². The normalized spacial score (nSPS) is 11.3. The molecule has 4 heterocycles. The Morgan fingerprint density at radius 2 is 1.49 bits per heavy atom. The molecule has 0 fully saturated rings. The van der Waals surface area contributed by atoms with Gasteiger partial charge in [0.25, 0.3) is 0 Å². The number of benzene rings is 5. The summed E-state index contributed by atoms with van der Waals surface area (Å²) in [6, 6.07) is 48.3. The molecular formula is C50H41IrN3O-2. The van der Waals surface area contributed by atoms with Gasteiger partial charge in [-0.25, -0.2) is 0 Å². The van der Waals surface area contributed by atoms with Crippen molar-refractivity contribution < 1.29 is 24.5 Å². The number of nitrogens with zero attached hydrogens (tertiary/aromatic N) is 3. The van der Waals surface area contributed by atoms with Gasteiger partial charge in [0.1, 0.15) is 5.58 Å². The molecule has 0 amide bonds. The molecule has 1 radical (unpaired) electrons. The minimum Gasteiger partial charge on any atom is -0.500 e. The fourth-order valence-electron chi connectivity index (χ4n) is 7.10. The van der Waals surface area contributed by atoms with Crippen LogP contribution in [0.2, 0.25) is 0 Å². The summed E-state index contributed by atoms with van der Waals surface area (Å²) in [4.78, 5) is 13.6. The van der Waals surface area contributed by atoms with Gasteiger partial charge in [0.2, 0.25) is 0 Å². The van der Waals surface area contributed by atoms with Crippen molar-refractivity contribution in [1.29, 1.82) is 0 Å². The van der Waals surface area contributed by atoms with E-state index in [0.717, 1.165) is 89.5 Å². The number of rotatable bonds is 5. The molecule has 55 heavy (non-hydrogen) atoms. The Bertz CT molecular complexity index is 2720. The van der Waals surface area contributed by atoms with Crippen LogP contribution in [0, 0.1) is 31.4 Å². The average molecular weight is 892 g/mol. The molecule has 0 saturated heterocycles. The van der Waals surface area contributed by atoms with E-state index in [1.807, 2.05) is 67.3 Å². The summed E-state index contributed by atoms with van der Waals surface area (Å²) in [6.45, 7) is 10.9. The van der Waals surface area contributed by atoms with Gasteiger partial charge in [0.15, 0.2) is 0 Å². The van der Waals surface area contributed by atoms with Crippen LogP contribution in [0.25, 0.3) is 77.5 Å². The topological polar surface area (TPSA) is 51.8 Å². The molecule has 0 aliphatic carbocycles. The Kier molecular flexibility index (Phi) is 10.9. The Balaban J connectivity index is 0.000000208. The van der Waals surface area contributed by atoms with Gasteiger partial charge in [0, 0.05) is 61.2 Å². The standard InChI is InChI=1S/C33H21N2O.C17H20N.Ir/c1-21-13-14-27-26-11-6-12-28(30-19-24(16-18-35-30)22-7-3-2-4-8-22)32(26)36-33(27)31(21)25-10-5-9-23-15-17-34-20-29(23)25;1-13-5-8-15(9-6-13)16-10-7-14(12-18-16)11-17(2,3)4;/h2-11,13-20H,1H3;5-8,10,12H,11H2,1-4H3;/q2*-1;. The zero-order chi connectivity index (χ0) is 37.2. The van der Waals surface area contributed by atoms with Crippen molar-refractivity contribution >= 4 is 32.7 Å². The number of furan rings is 1.